The van der Waals surface area contributed by atoms with Gasteiger partial charge in [-0.25, -0.2) is 15.0 Å². The van der Waals surface area contributed by atoms with Crippen molar-refractivity contribution >= 4 is 23.5 Å². The predicted octanol–water partition coefficient (Wildman–Crippen LogP) is 2.15. The fourth-order valence-corrected chi connectivity index (χ4v) is 1.84. The van der Waals surface area contributed by atoms with Gasteiger partial charge in [0.2, 0.25) is 5.95 Å². The number of anilines is 2. The summed E-state index contributed by atoms with van der Waals surface area (Å²) in [6.07, 6.45) is 10.7. The zero-order valence-electron chi connectivity index (χ0n) is 11.6. The largest absolute Gasteiger partial charge is 0.368 e. The van der Waals surface area contributed by atoms with Gasteiger partial charge in [-0.15, -0.1) is 11.8 Å². The topological polar surface area (TPSA) is 75.6 Å². The molecule has 20 heavy (non-hydrogen) atoms. The minimum atomic E-state index is 0.417. The molecule has 6 nitrogen and oxygen atoms in total. The van der Waals surface area contributed by atoms with E-state index < -0.39 is 0 Å². The summed E-state index contributed by atoms with van der Waals surface area (Å²) in [6.45, 7) is 3.76. The average molecular weight is 290 g/mol. The number of hydrogen-bond acceptors (Lipinski definition) is 7. The Morgan fingerprint density at radius 1 is 1.05 bits per heavy atom. The van der Waals surface area contributed by atoms with Gasteiger partial charge in [-0.1, -0.05) is 6.92 Å². The highest BCUT2D eigenvalue weighted by Crippen LogP contribution is 2.12. The van der Waals surface area contributed by atoms with E-state index in [0.717, 1.165) is 23.8 Å². The van der Waals surface area contributed by atoms with Gasteiger partial charge in [0.15, 0.2) is 0 Å². The van der Waals surface area contributed by atoms with Gasteiger partial charge in [-0.05, 0) is 12.2 Å². The summed E-state index contributed by atoms with van der Waals surface area (Å²) in [7, 11) is 0. The fourth-order valence-electron chi connectivity index (χ4n) is 1.52. The van der Waals surface area contributed by atoms with E-state index in [-0.39, 0.29) is 0 Å². The van der Waals surface area contributed by atoms with E-state index in [0.29, 0.717) is 11.9 Å². The smallest absolute Gasteiger partial charge is 0.222 e. The van der Waals surface area contributed by atoms with E-state index in [2.05, 4.69) is 37.5 Å². The summed E-state index contributed by atoms with van der Waals surface area (Å²) in [6, 6.07) is 0. The molecule has 0 radical (unpaired) electrons. The van der Waals surface area contributed by atoms with Crippen LogP contribution in [0.4, 0.5) is 11.8 Å². The quantitative estimate of drug-likeness (QED) is 0.757. The number of nitrogens with one attached hydrogen (secondary N) is 2. The molecule has 0 aliphatic rings. The van der Waals surface area contributed by atoms with Crippen LogP contribution in [0.3, 0.4) is 0 Å². The molecule has 0 aromatic carbocycles. The molecule has 2 rings (SSSR count). The van der Waals surface area contributed by atoms with Crippen LogP contribution in [0.1, 0.15) is 6.92 Å². The number of aromatic nitrogens is 4. The van der Waals surface area contributed by atoms with E-state index in [1.807, 2.05) is 18.6 Å². The maximum absolute atomic E-state index is 4.25. The Hall–Kier alpha value is -1.89. The molecule has 0 aliphatic heterocycles. The molecular weight excluding hydrogens is 272 g/mol. The van der Waals surface area contributed by atoms with Crippen LogP contribution < -0.4 is 10.6 Å². The van der Waals surface area contributed by atoms with Crippen molar-refractivity contribution < 1.29 is 0 Å². The molecule has 1 atom stereocenters. The van der Waals surface area contributed by atoms with E-state index in [1.165, 1.54) is 0 Å². The summed E-state index contributed by atoms with van der Waals surface area (Å²) >= 11 is 1.63. The zero-order valence-corrected chi connectivity index (χ0v) is 12.4. The van der Waals surface area contributed by atoms with Crippen LogP contribution in [0.2, 0.25) is 0 Å². The first-order valence-electron chi connectivity index (χ1n) is 6.37. The normalized spacial score (nSPS) is 11.9. The minimum absolute atomic E-state index is 0.417. The standard InChI is InChI=1S/C13H18N6S/c1-10(5-16-12-9-14-3-4-15-12)6-17-13-18-7-11(20-2)8-19-13/h3-4,7-10H,5-6H2,1-2H3,(H,15,16)(H,17,18,19). The van der Waals surface area contributed by atoms with Crippen LogP contribution in [0, 0.1) is 5.92 Å². The second kappa shape index (κ2) is 7.64. The third-order valence-corrected chi connectivity index (χ3v) is 3.35. The maximum atomic E-state index is 4.25. The SMILES string of the molecule is CSc1cnc(NCC(C)CNc2cnccn2)nc1. The predicted molar refractivity (Wildman–Crippen MR) is 82.0 cm³/mol. The molecule has 0 fully saturated rings. The number of thioether (sulfide) groups is 1. The summed E-state index contributed by atoms with van der Waals surface area (Å²) in [5.74, 6) is 1.87. The molecular formula is C13H18N6S. The fraction of sp³-hybridized carbons (Fsp3) is 0.385. The first-order chi connectivity index (χ1) is 9.78. The van der Waals surface area contributed by atoms with Crippen LogP contribution in [-0.2, 0) is 0 Å². The second-order valence-corrected chi connectivity index (χ2v) is 5.28. The molecule has 0 spiro atoms. The Kier molecular flexibility index (Phi) is 5.55. The Labute approximate surface area is 122 Å². The maximum Gasteiger partial charge on any atom is 0.222 e. The van der Waals surface area contributed by atoms with Gasteiger partial charge >= 0.3 is 0 Å². The Morgan fingerprint density at radius 3 is 2.45 bits per heavy atom. The molecule has 1 unspecified atom stereocenters. The Balaban J connectivity index is 1.73. The van der Waals surface area contributed by atoms with Crippen LogP contribution in [0.5, 0.6) is 0 Å². The first-order valence-corrected chi connectivity index (χ1v) is 7.60. The summed E-state index contributed by atoms with van der Waals surface area (Å²) in [4.78, 5) is 17.7. The molecule has 0 bridgehead atoms. The van der Waals surface area contributed by atoms with Crippen LogP contribution in [-0.4, -0.2) is 39.3 Å². The van der Waals surface area contributed by atoms with Crippen LogP contribution in [0.15, 0.2) is 35.9 Å². The highest BCUT2D eigenvalue weighted by molar-refractivity contribution is 7.98. The van der Waals surface area contributed by atoms with Crippen LogP contribution >= 0.6 is 11.8 Å². The summed E-state index contributed by atoms with van der Waals surface area (Å²) < 4.78 is 0. The van der Waals surface area contributed by atoms with Gasteiger partial charge in [0, 0.05) is 42.8 Å². The van der Waals surface area contributed by atoms with Gasteiger partial charge < -0.3 is 10.6 Å². The molecule has 106 valence electrons. The lowest BCUT2D eigenvalue weighted by Gasteiger charge is -2.13. The van der Waals surface area contributed by atoms with E-state index in [9.17, 15) is 0 Å². The Morgan fingerprint density at radius 2 is 1.80 bits per heavy atom. The average Bonchev–Trinajstić information content (AvgIpc) is 2.52. The van der Waals surface area contributed by atoms with Gasteiger partial charge in [-0.3, -0.25) is 4.98 Å². The van der Waals surface area contributed by atoms with Crippen molar-refractivity contribution in [3.05, 3.63) is 31.0 Å². The first kappa shape index (κ1) is 14.5. The third kappa shape index (κ3) is 4.65. The zero-order chi connectivity index (χ0) is 14.2. The van der Waals surface area contributed by atoms with Crippen molar-refractivity contribution in [2.45, 2.75) is 11.8 Å². The van der Waals surface area contributed by atoms with Gasteiger partial charge in [0.05, 0.1) is 6.20 Å². The van der Waals surface area contributed by atoms with Crippen molar-refractivity contribution in [1.82, 2.24) is 19.9 Å². The molecule has 0 saturated heterocycles. The third-order valence-electron chi connectivity index (χ3n) is 2.67. The molecule has 0 aliphatic carbocycles. The highest BCUT2D eigenvalue weighted by Gasteiger charge is 2.04. The number of hydrogen-bond donors (Lipinski definition) is 2. The highest BCUT2D eigenvalue weighted by atomic mass is 32.2. The minimum Gasteiger partial charge on any atom is -0.368 e. The lowest BCUT2D eigenvalue weighted by atomic mass is 10.2. The summed E-state index contributed by atoms with van der Waals surface area (Å²) in [5, 5.41) is 6.47. The number of rotatable bonds is 7. The molecule has 7 heteroatoms. The summed E-state index contributed by atoms with van der Waals surface area (Å²) in [5.41, 5.74) is 0. The van der Waals surface area contributed by atoms with Gasteiger partial charge in [0.1, 0.15) is 5.82 Å². The number of nitrogens with zero attached hydrogens (tertiary/aromatic N) is 4. The Bertz CT molecular complexity index is 504. The van der Waals surface area contributed by atoms with Crippen molar-refractivity contribution in [2.24, 2.45) is 5.92 Å². The van der Waals surface area contributed by atoms with Gasteiger partial charge in [-0.2, -0.15) is 0 Å². The van der Waals surface area contributed by atoms with Gasteiger partial charge in [0.25, 0.3) is 0 Å². The van der Waals surface area contributed by atoms with E-state index in [4.69, 9.17) is 0 Å². The van der Waals surface area contributed by atoms with Crippen molar-refractivity contribution in [3.63, 3.8) is 0 Å². The molecule has 2 aromatic rings. The molecule has 2 heterocycles. The molecule has 2 aromatic heterocycles. The van der Waals surface area contributed by atoms with Crippen molar-refractivity contribution in [1.29, 1.82) is 0 Å². The molecule has 2 N–H and O–H groups in total. The lowest BCUT2D eigenvalue weighted by Crippen LogP contribution is -2.21. The van der Waals surface area contributed by atoms with Crippen molar-refractivity contribution in [3.8, 4) is 0 Å². The molecule has 0 saturated carbocycles. The second-order valence-electron chi connectivity index (χ2n) is 4.40. The van der Waals surface area contributed by atoms with E-state index >= 15 is 0 Å². The molecule has 0 amide bonds. The van der Waals surface area contributed by atoms with E-state index in [1.54, 1.807) is 30.4 Å². The lowest BCUT2D eigenvalue weighted by molar-refractivity contribution is 0.644. The van der Waals surface area contributed by atoms with Crippen LogP contribution in [0.25, 0.3) is 0 Å². The van der Waals surface area contributed by atoms with Crippen molar-refractivity contribution in [2.75, 3.05) is 30.0 Å². The monoisotopic (exact) mass is 290 g/mol.